The van der Waals surface area contributed by atoms with Gasteiger partial charge in [0, 0.05) is 19.8 Å². The lowest BCUT2D eigenvalue weighted by Gasteiger charge is -2.33. The van der Waals surface area contributed by atoms with Crippen molar-refractivity contribution in [3.63, 3.8) is 0 Å². The lowest BCUT2D eigenvalue weighted by molar-refractivity contribution is -0.157. The molecule has 1 N–H and O–H groups in total. The molecule has 1 aliphatic heterocycles. The average Bonchev–Trinajstić information content (AvgIpc) is 2.17. The van der Waals surface area contributed by atoms with Gasteiger partial charge in [-0.3, -0.25) is 4.79 Å². The van der Waals surface area contributed by atoms with E-state index in [4.69, 9.17) is 9.47 Å². The predicted molar refractivity (Wildman–Crippen MR) is 60.4 cm³/mol. The van der Waals surface area contributed by atoms with Crippen LogP contribution in [0, 0.1) is 5.41 Å². The zero-order valence-corrected chi connectivity index (χ0v) is 10.4. The molecule has 0 amide bonds. The van der Waals surface area contributed by atoms with Crippen LogP contribution in [0.3, 0.4) is 0 Å². The Bertz CT molecular complexity index is 236. The van der Waals surface area contributed by atoms with Gasteiger partial charge in [0.2, 0.25) is 0 Å². The molecule has 4 heteroatoms. The molecule has 16 heavy (non-hydrogen) atoms. The Morgan fingerprint density at radius 3 is 2.38 bits per heavy atom. The van der Waals surface area contributed by atoms with E-state index in [2.05, 4.69) is 0 Å². The van der Waals surface area contributed by atoms with E-state index in [9.17, 15) is 9.90 Å². The molecule has 1 rings (SSSR count). The van der Waals surface area contributed by atoms with E-state index >= 15 is 0 Å². The second-order valence-electron chi connectivity index (χ2n) is 5.41. The van der Waals surface area contributed by atoms with E-state index in [-0.39, 0.29) is 5.60 Å². The molecule has 0 bridgehead atoms. The van der Waals surface area contributed by atoms with Crippen molar-refractivity contribution in [1.29, 1.82) is 0 Å². The van der Waals surface area contributed by atoms with Crippen LogP contribution < -0.4 is 0 Å². The van der Waals surface area contributed by atoms with E-state index in [0.29, 0.717) is 39.1 Å². The third-order valence-corrected chi connectivity index (χ3v) is 3.02. The maximum absolute atomic E-state index is 11.3. The first-order valence-electron chi connectivity index (χ1n) is 5.81. The van der Waals surface area contributed by atoms with Gasteiger partial charge in [-0.2, -0.15) is 0 Å². The summed E-state index contributed by atoms with van der Waals surface area (Å²) in [4.78, 5) is 11.3. The van der Waals surface area contributed by atoms with E-state index in [1.807, 2.05) is 20.8 Å². The van der Waals surface area contributed by atoms with E-state index in [1.165, 1.54) is 0 Å². The van der Waals surface area contributed by atoms with E-state index < -0.39 is 11.4 Å². The molecule has 1 heterocycles. The molecule has 0 spiro atoms. The number of rotatable bonds is 4. The molecule has 0 radical (unpaired) electrons. The fraction of sp³-hybridized carbons (Fsp3) is 0.917. The number of hydrogen-bond acceptors (Lipinski definition) is 3. The zero-order valence-electron chi connectivity index (χ0n) is 10.4. The number of hydrogen-bond donors (Lipinski definition) is 1. The van der Waals surface area contributed by atoms with Crippen LogP contribution in [0.5, 0.6) is 0 Å². The van der Waals surface area contributed by atoms with Crippen molar-refractivity contribution < 1.29 is 19.4 Å². The van der Waals surface area contributed by atoms with Gasteiger partial charge in [-0.25, -0.2) is 0 Å². The Balaban J connectivity index is 2.48. The summed E-state index contributed by atoms with van der Waals surface area (Å²) in [6, 6.07) is 0. The molecule has 4 nitrogen and oxygen atoms in total. The first-order chi connectivity index (χ1) is 7.36. The molecule has 0 atom stereocenters. The molecule has 0 aromatic rings. The van der Waals surface area contributed by atoms with Crippen LogP contribution >= 0.6 is 0 Å². The van der Waals surface area contributed by atoms with E-state index in [0.717, 1.165) is 0 Å². The zero-order chi connectivity index (χ0) is 12.2. The van der Waals surface area contributed by atoms with E-state index in [1.54, 1.807) is 0 Å². The van der Waals surface area contributed by atoms with Crippen LogP contribution in [-0.2, 0) is 14.3 Å². The van der Waals surface area contributed by atoms with Crippen LogP contribution in [0.4, 0.5) is 0 Å². The average molecular weight is 230 g/mol. The third-order valence-electron chi connectivity index (χ3n) is 3.02. The predicted octanol–water partition coefficient (Wildman–Crippen LogP) is 2.07. The number of carbonyl (C=O) groups is 1. The molecule has 0 aromatic heterocycles. The standard InChI is InChI=1S/C12H22O4/c1-11(2,3)16-9-6-12(10(13)14)4-7-15-8-5-12/h4-9H2,1-3H3,(H,13,14). The quantitative estimate of drug-likeness (QED) is 0.803. The van der Waals surface area contributed by atoms with Crippen LogP contribution in [0.2, 0.25) is 0 Å². The summed E-state index contributed by atoms with van der Waals surface area (Å²) in [5, 5.41) is 9.31. The molecule has 1 aliphatic rings. The largest absolute Gasteiger partial charge is 0.481 e. The van der Waals surface area contributed by atoms with Gasteiger partial charge < -0.3 is 14.6 Å². The summed E-state index contributed by atoms with van der Waals surface area (Å²) >= 11 is 0. The van der Waals surface area contributed by atoms with Crippen LogP contribution in [0.15, 0.2) is 0 Å². The first kappa shape index (κ1) is 13.5. The highest BCUT2D eigenvalue weighted by Crippen LogP contribution is 2.34. The lowest BCUT2D eigenvalue weighted by atomic mass is 9.77. The lowest BCUT2D eigenvalue weighted by Crippen LogP contribution is -2.38. The van der Waals surface area contributed by atoms with Crippen molar-refractivity contribution in [3.05, 3.63) is 0 Å². The van der Waals surface area contributed by atoms with Gasteiger partial charge in [0.05, 0.1) is 11.0 Å². The van der Waals surface area contributed by atoms with Crippen LogP contribution in [0.25, 0.3) is 0 Å². The van der Waals surface area contributed by atoms with Crippen molar-refractivity contribution >= 4 is 5.97 Å². The topological polar surface area (TPSA) is 55.8 Å². The molecular formula is C12H22O4. The summed E-state index contributed by atoms with van der Waals surface area (Å²) in [5.41, 5.74) is -0.839. The first-order valence-corrected chi connectivity index (χ1v) is 5.81. The highest BCUT2D eigenvalue weighted by molar-refractivity contribution is 5.74. The number of ether oxygens (including phenoxy) is 2. The number of aliphatic carboxylic acids is 1. The van der Waals surface area contributed by atoms with Crippen LogP contribution in [-0.4, -0.2) is 36.5 Å². The number of carboxylic acids is 1. The Labute approximate surface area is 96.9 Å². The minimum atomic E-state index is -0.715. The normalized spacial score (nSPS) is 20.7. The molecule has 0 saturated carbocycles. The smallest absolute Gasteiger partial charge is 0.309 e. The monoisotopic (exact) mass is 230 g/mol. The summed E-state index contributed by atoms with van der Waals surface area (Å²) in [7, 11) is 0. The molecule has 0 aliphatic carbocycles. The highest BCUT2D eigenvalue weighted by atomic mass is 16.5. The van der Waals surface area contributed by atoms with Gasteiger partial charge in [-0.1, -0.05) is 0 Å². The fourth-order valence-corrected chi connectivity index (χ4v) is 1.89. The second-order valence-corrected chi connectivity index (χ2v) is 5.41. The Morgan fingerprint density at radius 2 is 1.94 bits per heavy atom. The highest BCUT2D eigenvalue weighted by Gasteiger charge is 2.39. The minimum absolute atomic E-state index is 0.204. The van der Waals surface area contributed by atoms with Crippen LogP contribution in [0.1, 0.15) is 40.0 Å². The molecule has 0 unspecified atom stereocenters. The van der Waals surface area contributed by atoms with Gasteiger partial charge in [0.15, 0.2) is 0 Å². The SMILES string of the molecule is CC(C)(C)OCCC1(C(=O)O)CCOCC1. The summed E-state index contributed by atoms with van der Waals surface area (Å²) in [5.74, 6) is -0.715. The minimum Gasteiger partial charge on any atom is -0.481 e. The van der Waals surface area contributed by atoms with Crippen molar-refractivity contribution in [1.82, 2.24) is 0 Å². The van der Waals surface area contributed by atoms with Crippen molar-refractivity contribution in [3.8, 4) is 0 Å². The van der Waals surface area contributed by atoms with Gasteiger partial charge in [-0.05, 0) is 40.0 Å². The van der Waals surface area contributed by atoms with Gasteiger partial charge in [0.25, 0.3) is 0 Å². The molecule has 1 saturated heterocycles. The molecule has 1 fully saturated rings. The summed E-state index contributed by atoms with van der Waals surface area (Å²) < 4.78 is 10.8. The van der Waals surface area contributed by atoms with Gasteiger partial charge >= 0.3 is 5.97 Å². The van der Waals surface area contributed by atoms with Gasteiger partial charge in [0.1, 0.15) is 0 Å². The molecular weight excluding hydrogens is 208 g/mol. The maximum atomic E-state index is 11.3. The Morgan fingerprint density at radius 1 is 1.38 bits per heavy atom. The maximum Gasteiger partial charge on any atom is 0.309 e. The molecule has 94 valence electrons. The Hall–Kier alpha value is -0.610. The van der Waals surface area contributed by atoms with Gasteiger partial charge in [-0.15, -0.1) is 0 Å². The molecule has 0 aromatic carbocycles. The third kappa shape index (κ3) is 3.76. The van der Waals surface area contributed by atoms with Crippen molar-refractivity contribution in [2.45, 2.75) is 45.6 Å². The second kappa shape index (κ2) is 5.15. The summed E-state index contributed by atoms with van der Waals surface area (Å²) in [6.07, 6.45) is 1.76. The Kier molecular flexibility index (Phi) is 4.33. The fourth-order valence-electron chi connectivity index (χ4n) is 1.89. The van der Waals surface area contributed by atoms with Crippen molar-refractivity contribution in [2.24, 2.45) is 5.41 Å². The summed E-state index contributed by atoms with van der Waals surface area (Å²) in [6.45, 7) is 7.51. The van der Waals surface area contributed by atoms with Crippen molar-refractivity contribution in [2.75, 3.05) is 19.8 Å². The number of carboxylic acid groups (broad SMARTS) is 1.